The van der Waals surface area contributed by atoms with E-state index in [4.69, 9.17) is 0 Å². The summed E-state index contributed by atoms with van der Waals surface area (Å²) in [5.74, 6) is 0. The summed E-state index contributed by atoms with van der Waals surface area (Å²) in [7, 11) is -5.97. The van der Waals surface area contributed by atoms with Crippen LogP contribution >= 0.6 is 7.26 Å². The molecule has 0 radical (unpaired) electrons. The highest BCUT2D eigenvalue weighted by Crippen LogP contribution is 2.54. The van der Waals surface area contributed by atoms with E-state index in [0.29, 0.717) is 0 Å². The van der Waals surface area contributed by atoms with Gasteiger partial charge in [-0.25, -0.2) is 8.42 Å². The molecule has 0 saturated heterocycles. The molecule has 0 N–H and O–H groups in total. The van der Waals surface area contributed by atoms with Gasteiger partial charge in [0, 0.05) is 0 Å². The third-order valence-electron chi connectivity index (χ3n) is 2.52. The van der Waals surface area contributed by atoms with Gasteiger partial charge in [0.05, 0.1) is 25.4 Å². The fourth-order valence-electron chi connectivity index (χ4n) is 1.49. The van der Waals surface area contributed by atoms with Crippen LogP contribution < -0.4 is 5.30 Å². The van der Waals surface area contributed by atoms with Gasteiger partial charge in [-0.1, -0.05) is 18.2 Å². The summed E-state index contributed by atoms with van der Waals surface area (Å²) in [4.78, 5) is 0. The first kappa shape index (κ1) is 12.6. The Morgan fingerprint density at radius 3 is 2.20 bits per heavy atom. The van der Waals surface area contributed by atoms with E-state index >= 15 is 0 Å². The molecule has 5 heteroatoms. The fraction of sp³-hybridized carbons (Fsp3) is 0.400. The molecular formula is C10H15O3PS. The van der Waals surface area contributed by atoms with Gasteiger partial charge in [-0.05, 0) is 19.1 Å². The summed E-state index contributed by atoms with van der Waals surface area (Å²) < 4.78 is 32.6. The number of benzene rings is 1. The molecule has 0 aliphatic rings. The average molecular weight is 246 g/mol. The van der Waals surface area contributed by atoms with E-state index < -0.39 is 17.4 Å². The van der Waals surface area contributed by atoms with Gasteiger partial charge in [0.25, 0.3) is 0 Å². The van der Waals surface area contributed by atoms with Gasteiger partial charge in [0.1, 0.15) is 10.1 Å². The molecule has 0 spiro atoms. The molecule has 1 atom stereocenters. The Kier molecular flexibility index (Phi) is 3.87. The molecule has 0 aliphatic carbocycles. The minimum Gasteiger partial charge on any atom is -0.745 e. The molecule has 3 nitrogen and oxygen atoms in total. The zero-order chi connectivity index (χ0) is 11.5. The van der Waals surface area contributed by atoms with Crippen molar-refractivity contribution in [2.75, 3.05) is 18.3 Å². The molecule has 1 rings (SSSR count). The summed E-state index contributed by atoms with van der Waals surface area (Å²) in [6, 6.07) is 9.45. The van der Waals surface area contributed by atoms with E-state index in [1.807, 2.05) is 43.9 Å². The second-order valence-electron chi connectivity index (χ2n) is 3.73. The molecule has 0 fully saturated rings. The highest BCUT2D eigenvalue weighted by Gasteiger charge is 2.34. The van der Waals surface area contributed by atoms with Crippen molar-refractivity contribution in [1.29, 1.82) is 0 Å². The van der Waals surface area contributed by atoms with Crippen LogP contribution in [0.1, 0.15) is 6.92 Å². The second kappa shape index (κ2) is 4.60. The van der Waals surface area contributed by atoms with Crippen molar-refractivity contribution in [2.45, 2.75) is 6.92 Å². The lowest BCUT2D eigenvalue weighted by molar-refractivity contribution is 0.468. The quantitative estimate of drug-likeness (QED) is 0.597. The van der Waals surface area contributed by atoms with Gasteiger partial charge in [-0.15, -0.1) is 0 Å². The molecule has 84 valence electrons. The Bertz CT molecular complexity index is 416. The highest BCUT2D eigenvalue weighted by molar-refractivity contribution is 8.00. The van der Waals surface area contributed by atoms with Crippen molar-refractivity contribution >= 4 is 22.7 Å². The fourth-order valence-corrected chi connectivity index (χ4v) is 6.86. The third kappa shape index (κ3) is 3.56. The molecule has 0 aromatic heterocycles. The van der Waals surface area contributed by atoms with Crippen molar-refractivity contribution in [3.8, 4) is 0 Å². The van der Waals surface area contributed by atoms with Crippen molar-refractivity contribution in [3.05, 3.63) is 30.3 Å². The summed E-state index contributed by atoms with van der Waals surface area (Å²) in [6.07, 6.45) is 0.735. The van der Waals surface area contributed by atoms with Crippen molar-refractivity contribution in [2.24, 2.45) is 0 Å². The zero-order valence-corrected chi connectivity index (χ0v) is 10.6. The molecule has 0 saturated carbocycles. The van der Waals surface area contributed by atoms with Gasteiger partial charge < -0.3 is 4.55 Å². The summed E-state index contributed by atoms with van der Waals surface area (Å²) >= 11 is 0. The van der Waals surface area contributed by atoms with E-state index in [1.165, 1.54) is 0 Å². The minimum atomic E-state index is -4.14. The van der Waals surface area contributed by atoms with Crippen LogP contribution in [0.5, 0.6) is 0 Å². The first-order valence-electron chi connectivity index (χ1n) is 4.71. The molecule has 1 aromatic rings. The first-order valence-corrected chi connectivity index (χ1v) is 8.89. The van der Waals surface area contributed by atoms with Crippen LogP contribution in [0, 0.1) is 0 Å². The van der Waals surface area contributed by atoms with Crippen LogP contribution in [0.2, 0.25) is 0 Å². The molecule has 15 heavy (non-hydrogen) atoms. The lowest BCUT2D eigenvalue weighted by Crippen LogP contribution is -2.20. The summed E-state index contributed by atoms with van der Waals surface area (Å²) in [5.41, 5.74) is -0.236. The lowest BCUT2D eigenvalue weighted by atomic mass is 10.4. The molecule has 0 heterocycles. The van der Waals surface area contributed by atoms with E-state index in [2.05, 4.69) is 0 Å². The number of rotatable bonds is 4. The van der Waals surface area contributed by atoms with Crippen LogP contribution in [0.3, 0.4) is 0 Å². The van der Waals surface area contributed by atoms with Gasteiger partial charge in [-0.3, -0.25) is 0 Å². The minimum absolute atomic E-state index is 0.236. The number of hydrogen-bond acceptors (Lipinski definition) is 3. The molecule has 0 aliphatic heterocycles. The summed E-state index contributed by atoms with van der Waals surface area (Å²) in [5, 5.41) is 1.01. The normalized spacial score (nSPS) is 15.9. The maximum absolute atomic E-state index is 10.9. The molecule has 1 aromatic carbocycles. The first-order chi connectivity index (χ1) is 6.87. The Balaban J connectivity index is 3.06. The van der Waals surface area contributed by atoms with Gasteiger partial charge in [0.15, 0.2) is 5.49 Å². The Labute approximate surface area is 91.6 Å². The maximum atomic E-state index is 10.9. The Morgan fingerprint density at radius 2 is 1.80 bits per heavy atom. The van der Waals surface area contributed by atoms with Crippen molar-refractivity contribution in [3.63, 3.8) is 0 Å². The third-order valence-corrected chi connectivity index (χ3v) is 9.01. The predicted molar refractivity (Wildman–Crippen MR) is 64.0 cm³/mol. The average Bonchev–Trinajstić information content (AvgIpc) is 2.16. The standard InChI is InChI=1S/C10H15O3PS/c1-3-14(2,9-15(11,12)13)10-7-5-4-6-8-10/h4-8H,3,9H2,1-2H3. The van der Waals surface area contributed by atoms with E-state index in [1.54, 1.807) is 0 Å². The zero-order valence-electron chi connectivity index (χ0n) is 8.88. The van der Waals surface area contributed by atoms with Crippen molar-refractivity contribution < 1.29 is 13.0 Å². The van der Waals surface area contributed by atoms with Crippen LogP contribution in [-0.4, -0.2) is 31.3 Å². The topological polar surface area (TPSA) is 57.2 Å². The highest BCUT2D eigenvalue weighted by atomic mass is 32.2. The maximum Gasteiger partial charge on any atom is 0.152 e. The lowest BCUT2D eigenvalue weighted by Gasteiger charge is -2.22. The van der Waals surface area contributed by atoms with Crippen LogP contribution in [0.25, 0.3) is 0 Å². The molecule has 0 amide bonds. The SMILES string of the molecule is CC[P+](C)(CS(=O)(=O)[O-])c1ccccc1. The predicted octanol–water partition coefficient (Wildman–Crippen LogP) is 1.48. The largest absolute Gasteiger partial charge is 0.745 e. The van der Waals surface area contributed by atoms with Crippen LogP contribution in [-0.2, 0) is 10.1 Å². The van der Waals surface area contributed by atoms with Crippen LogP contribution in [0.15, 0.2) is 30.3 Å². The molecule has 1 unspecified atom stereocenters. The van der Waals surface area contributed by atoms with Crippen LogP contribution in [0.4, 0.5) is 0 Å². The van der Waals surface area contributed by atoms with Gasteiger partial charge in [0.2, 0.25) is 0 Å². The van der Waals surface area contributed by atoms with Crippen molar-refractivity contribution in [1.82, 2.24) is 0 Å². The summed E-state index contributed by atoms with van der Waals surface area (Å²) in [6.45, 7) is 3.85. The monoisotopic (exact) mass is 246 g/mol. The smallest absolute Gasteiger partial charge is 0.152 e. The van der Waals surface area contributed by atoms with E-state index in [0.717, 1.165) is 11.5 Å². The second-order valence-corrected chi connectivity index (χ2v) is 9.82. The Morgan fingerprint density at radius 1 is 1.27 bits per heavy atom. The van der Waals surface area contributed by atoms with E-state index in [9.17, 15) is 13.0 Å². The van der Waals surface area contributed by atoms with E-state index in [-0.39, 0.29) is 5.49 Å². The van der Waals surface area contributed by atoms with Gasteiger partial charge in [-0.2, -0.15) is 0 Å². The number of hydrogen-bond donors (Lipinski definition) is 0. The molecule has 0 bridgehead atoms. The molecular weight excluding hydrogens is 231 g/mol. The van der Waals surface area contributed by atoms with Gasteiger partial charge >= 0.3 is 0 Å². The Hall–Kier alpha value is -0.440.